The van der Waals surface area contributed by atoms with Gasteiger partial charge in [0.05, 0.1) is 24.3 Å². The summed E-state index contributed by atoms with van der Waals surface area (Å²) in [5, 5.41) is 11.9. The summed E-state index contributed by atoms with van der Waals surface area (Å²) in [4.78, 5) is 12.3. The van der Waals surface area contributed by atoms with E-state index in [9.17, 15) is 4.79 Å². The number of amides is 1. The van der Waals surface area contributed by atoms with Gasteiger partial charge in [-0.3, -0.25) is 4.79 Å². The van der Waals surface area contributed by atoms with Gasteiger partial charge in [0.1, 0.15) is 5.75 Å². The molecule has 0 aliphatic rings. The predicted octanol–water partition coefficient (Wildman–Crippen LogP) is 3.45. The standard InChI is InChI=1S/C18H18N2O2/c1-3-22-17-9-5-8-16(11-17)18(21)20-13(2)15-7-4-6-14(10-15)12-19/h4-11,13H,3H2,1-2H3,(H,20,21)/t13-/m1/s1. The van der Waals surface area contributed by atoms with Gasteiger partial charge in [0.15, 0.2) is 0 Å². The maximum absolute atomic E-state index is 12.3. The first-order valence-electron chi connectivity index (χ1n) is 7.18. The van der Waals surface area contributed by atoms with Crippen molar-refractivity contribution < 1.29 is 9.53 Å². The zero-order chi connectivity index (χ0) is 15.9. The van der Waals surface area contributed by atoms with Crippen molar-refractivity contribution in [1.82, 2.24) is 5.32 Å². The molecule has 0 spiro atoms. The second-order valence-corrected chi connectivity index (χ2v) is 4.89. The predicted molar refractivity (Wildman–Crippen MR) is 84.6 cm³/mol. The minimum atomic E-state index is -0.184. The van der Waals surface area contributed by atoms with E-state index in [1.165, 1.54) is 0 Å². The molecule has 0 bridgehead atoms. The van der Waals surface area contributed by atoms with E-state index in [2.05, 4.69) is 11.4 Å². The first-order valence-corrected chi connectivity index (χ1v) is 7.18. The Morgan fingerprint density at radius 1 is 1.27 bits per heavy atom. The first kappa shape index (κ1) is 15.6. The number of hydrogen-bond donors (Lipinski definition) is 1. The van der Waals surface area contributed by atoms with Gasteiger partial charge in [-0.2, -0.15) is 5.26 Å². The summed E-state index contributed by atoms with van der Waals surface area (Å²) in [6, 6.07) is 16.2. The minimum Gasteiger partial charge on any atom is -0.494 e. The number of nitriles is 1. The Morgan fingerprint density at radius 3 is 2.77 bits per heavy atom. The van der Waals surface area contributed by atoms with E-state index in [4.69, 9.17) is 10.00 Å². The summed E-state index contributed by atoms with van der Waals surface area (Å²) in [7, 11) is 0. The van der Waals surface area contributed by atoms with Crippen molar-refractivity contribution in [3.8, 4) is 11.8 Å². The van der Waals surface area contributed by atoms with Crippen LogP contribution in [0.5, 0.6) is 5.75 Å². The van der Waals surface area contributed by atoms with Gasteiger partial charge in [-0.05, 0) is 49.7 Å². The smallest absolute Gasteiger partial charge is 0.251 e. The van der Waals surface area contributed by atoms with Crippen LogP contribution in [0.1, 0.15) is 41.4 Å². The highest BCUT2D eigenvalue weighted by Gasteiger charge is 2.12. The van der Waals surface area contributed by atoms with E-state index in [0.717, 1.165) is 5.56 Å². The molecule has 0 aromatic heterocycles. The zero-order valence-corrected chi connectivity index (χ0v) is 12.7. The normalized spacial score (nSPS) is 11.3. The Balaban J connectivity index is 2.10. The van der Waals surface area contributed by atoms with Gasteiger partial charge in [-0.15, -0.1) is 0 Å². The number of hydrogen-bond acceptors (Lipinski definition) is 3. The molecule has 0 aliphatic heterocycles. The van der Waals surface area contributed by atoms with E-state index in [0.29, 0.717) is 23.5 Å². The van der Waals surface area contributed by atoms with Crippen LogP contribution in [0.3, 0.4) is 0 Å². The number of benzene rings is 2. The summed E-state index contributed by atoms with van der Waals surface area (Å²) >= 11 is 0. The molecular formula is C18H18N2O2. The lowest BCUT2D eigenvalue weighted by Gasteiger charge is -2.15. The van der Waals surface area contributed by atoms with Crippen LogP contribution in [0, 0.1) is 11.3 Å². The molecule has 1 N–H and O–H groups in total. The molecule has 22 heavy (non-hydrogen) atoms. The van der Waals surface area contributed by atoms with E-state index >= 15 is 0 Å². The molecule has 4 heteroatoms. The third-order valence-corrected chi connectivity index (χ3v) is 3.27. The lowest BCUT2D eigenvalue weighted by Crippen LogP contribution is -2.26. The SMILES string of the molecule is CCOc1cccc(C(=O)N[C@H](C)c2cccc(C#N)c2)c1. The molecule has 0 aliphatic carbocycles. The van der Waals surface area contributed by atoms with Crippen molar-refractivity contribution in [3.63, 3.8) is 0 Å². The quantitative estimate of drug-likeness (QED) is 0.918. The third-order valence-electron chi connectivity index (χ3n) is 3.27. The monoisotopic (exact) mass is 294 g/mol. The van der Waals surface area contributed by atoms with Gasteiger partial charge in [0.2, 0.25) is 0 Å². The molecule has 2 aromatic rings. The molecule has 1 amide bonds. The van der Waals surface area contributed by atoms with Crippen LogP contribution in [0.4, 0.5) is 0 Å². The summed E-state index contributed by atoms with van der Waals surface area (Å²) in [6.07, 6.45) is 0. The topological polar surface area (TPSA) is 62.1 Å². The molecule has 2 aromatic carbocycles. The second kappa shape index (κ2) is 7.28. The number of carbonyl (C=O) groups excluding carboxylic acids is 1. The molecule has 0 unspecified atom stereocenters. The Labute approximate surface area is 130 Å². The van der Waals surface area contributed by atoms with Crippen molar-refractivity contribution >= 4 is 5.91 Å². The van der Waals surface area contributed by atoms with Crippen LogP contribution < -0.4 is 10.1 Å². The van der Waals surface area contributed by atoms with E-state index in [1.807, 2.05) is 32.0 Å². The molecule has 112 valence electrons. The fraction of sp³-hybridized carbons (Fsp3) is 0.222. The molecule has 0 heterocycles. The van der Waals surface area contributed by atoms with Gasteiger partial charge >= 0.3 is 0 Å². The summed E-state index contributed by atoms with van der Waals surface area (Å²) < 4.78 is 5.40. The molecule has 0 fully saturated rings. The first-order chi connectivity index (χ1) is 10.6. The average Bonchev–Trinajstić information content (AvgIpc) is 2.55. The molecule has 0 radical (unpaired) electrons. The fourth-order valence-electron chi connectivity index (χ4n) is 2.13. The van der Waals surface area contributed by atoms with Crippen molar-refractivity contribution in [2.45, 2.75) is 19.9 Å². The van der Waals surface area contributed by atoms with Gasteiger partial charge in [-0.1, -0.05) is 18.2 Å². The average molecular weight is 294 g/mol. The summed E-state index contributed by atoms with van der Waals surface area (Å²) in [6.45, 7) is 4.35. The third kappa shape index (κ3) is 3.86. The Morgan fingerprint density at radius 2 is 2.05 bits per heavy atom. The van der Waals surface area contributed by atoms with Crippen LogP contribution in [0.15, 0.2) is 48.5 Å². The Bertz CT molecular complexity index is 704. The number of nitrogens with one attached hydrogen (secondary N) is 1. The van der Waals surface area contributed by atoms with Gasteiger partial charge < -0.3 is 10.1 Å². The van der Waals surface area contributed by atoms with Crippen LogP contribution in [-0.2, 0) is 0 Å². The highest BCUT2D eigenvalue weighted by molar-refractivity contribution is 5.94. The van der Waals surface area contributed by atoms with E-state index < -0.39 is 0 Å². The minimum absolute atomic E-state index is 0.170. The van der Waals surface area contributed by atoms with Gasteiger partial charge in [0.25, 0.3) is 5.91 Å². The van der Waals surface area contributed by atoms with E-state index in [-0.39, 0.29) is 11.9 Å². The van der Waals surface area contributed by atoms with Crippen LogP contribution in [0.25, 0.3) is 0 Å². The lowest BCUT2D eigenvalue weighted by molar-refractivity contribution is 0.0939. The molecular weight excluding hydrogens is 276 g/mol. The number of ether oxygens (including phenoxy) is 1. The Kier molecular flexibility index (Phi) is 5.16. The van der Waals surface area contributed by atoms with Gasteiger partial charge in [0, 0.05) is 5.56 Å². The van der Waals surface area contributed by atoms with Crippen molar-refractivity contribution in [3.05, 3.63) is 65.2 Å². The largest absolute Gasteiger partial charge is 0.494 e. The Hall–Kier alpha value is -2.80. The summed E-state index contributed by atoms with van der Waals surface area (Å²) in [5.41, 5.74) is 2.03. The molecule has 0 saturated carbocycles. The summed E-state index contributed by atoms with van der Waals surface area (Å²) in [5.74, 6) is 0.505. The molecule has 4 nitrogen and oxygen atoms in total. The highest BCUT2D eigenvalue weighted by atomic mass is 16.5. The van der Waals surface area contributed by atoms with Crippen LogP contribution >= 0.6 is 0 Å². The zero-order valence-electron chi connectivity index (χ0n) is 12.7. The molecule has 0 saturated heterocycles. The number of rotatable bonds is 5. The van der Waals surface area contributed by atoms with Crippen LogP contribution in [0.2, 0.25) is 0 Å². The number of nitrogens with zero attached hydrogens (tertiary/aromatic N) is 1. The second-order valence-electron chi connectivity index (χ2n) is 4.89. The highest BCUT2D eigenvalue weighted by Crippen LogP contribution is 2.17. The van der Waals surface area contributed by atoms with Crippen molar-refractivity contribution in [1.29, 1.82) is 5.26 Å². The van der Waals surface area contributed by atoms with Crippen molar-refractivity contribution in [2.75, 3.05) is 6.61 Å². The maximum Gasteiger partial charge on any atom is 0.251 e. The molecule has 2 rings (SSSR count). The van der Waals surface area contributed by atoms with Gasteiger partial charge in [-0.25, -0.2) is 0 Å². The lowest BCUT2D eigenvalue weighted by atomic mass is 10.1. The molecule has 1 atom stereocenters. The van der Waals surface area contributed by atoms with Crippen LogP contribution in [-0.4, -0.2) is 12.5 Å². The van der Waals surface area contributed by atoms with E-state index in [1.54, 1.807) is 30.3 Å². The number of carbonyl (C=O) groups is 1. The van der Waals surface area contributed by atoms with Crippen molar-refractivity contribution in [2.24, 2.45) is 0 Å². The maximum atomic E-state index is 12.3. The fourth-order valence-corrected chi connectivity index (χ4v) is 2.13.